The van der Waals surface area contributed by atoms with E-state index in [1.54, 1.807) is 54.6 Å². The molecule has 4 aromatic rings. The van der Waals surface area contributed by atoms with Gasteiger partial charge in [-0.1, -0.05) is 6.42 Å². The van der Waals surface area contributed by atoms with E-state index >= 15 is 0 Å². The number of carbonyl (C=O) groups excluding carboxylic acids is 1. The molecule has 1 unspecified atom stereocenters. The molecule has 1 fully saturated rings. The lowest BCUT2D eigenvalue weighted by molar-refractivity contribution is 0.104. The first-order valence-electron chi connectivity index (χ1n) is 11.1. The van der Waals surface area contributed by atoms with Crippen molar-refractivity contribution in [3.05, 3.63) is 77.9 Å². The van der Waals surface area contributed by atoms with Gasteiger partial charge in [-0.3, -0.25) is 4.79 Å². The first-order chi connectivity index (χ1) is 16.1. The molecule has 0 amide bonds. The third-order valence-electron chi connectivity index (χ3n) is 6.01. The molecule has 3 N–H and O–H groups in total. The van der Waals surface area contributed by atoms with Gasteiger partial charge in [0.05, 0.1) is 0 Å². The Labute approximate surface area is 196 Å². The minimum atomic E-state index is -0.0875. The van der Waals surface area contributed by atoms with E-state index in [0.717, 1.165) is 39.2 Å². The molecule has 3 aromatic carbocycles. The van der Waals surface area contributed by atoms with Gasteiger partial charge >= 0.3 is 0 Å². The number of nitrogens with one attached hydrogen (secondary N) is 1. The number of phenols is 2. The highest BCUT2D eigenvalue weighted by atomic mass is 32.1. The van der Waals surface area contributed by atoms with Gasteiger partial charge in [0.25, 0.3) is 0 Å². The molecule has 1 aromatic heterocycles. The van der Waals surface area contributed by atoms with E-state index in [-0.39, 0.29) is 17.3 Å². The van der Waals surface area contributed by atoms with Crippen molar-refractivity contribution in [2.75, 3.05) is 13.2 Å². The van der Waals surface area contributed by atoms with Crippen molar-refractivity contribution < 1.29 is 19.7 Å². The Kier molecular flexibility index (Phi) is 6.03. The molecule has 5 rings (SSSR count). The summed E-state index contributed by atoms with van der Waals surface area (Å²) < 4.78 is 6.77. The van der Waals surface area contributed by atoms with E-state index in [9.17, 15) is 15.0 Å². The van der Waals surface area contributed by atoms with Gasteiger partial charge in [0.15, 0.2) is 5.78 Å². The summed E-state index contributed by atoms with van der Waals surface area (Å²) in [6.45, 7) is 1.66. The van der Waals surface area contributed by atoms with Gasteiger partial charge in [-0.25, -0.2) is 0 Å². The van der Waals surface area contributed by atoms with Crippen LogP contribution >= 0.6 is 11.3 Å². The van der Waals surface area contributed by atoms with Crippen LogP contribution in [-0.4, -0.2) is 35.2 Å². The van der Waals surface area contributed by atoms with E-state index in [1.807, 2.05) is 12.1 Å². The van der Waals surface area contributed by atoms with Gasteiger partial charge in [-0.2, -0.15) is 0 Å². The lowest BCUT2D eigenvalue weighted by Gasteiger charge is -2.23. The molecule has 0 bridgehead atoms. The molecule has 5 nitrogen and oxygen atoms in total. The maximum absolute atomic E-state index is 13.6. The highest BCUT2D eigenvalue weighted by Crippen LogP contribution is 2.41. The van der Waals surface area contributed by atoms with Crippen molar-refractivity contribution in [1.29, 1.82) is 0 Å². The molecule has 1 saturated heterocycles. The standard InChI is InChI=1S/C27H25NO4S/c29-20-8-4-18(5-9-20)27-25(23-13-10-21(30)15-24(23)33-27)26(31)17-6-11-22(12-7-17)32-16-19-3-1-2-14-28-19/h4-13,15,19,28-30H,1-3,14,16H2. The molecule has 33 heavy (non-hydrogen) atoms. The van der Waals surface area contributed by atoms with Gasteiger partial charge in [0.2, 0.25) is 0 Å². The molecule has 0 radical (unpaired) electrons. The Morgan fingerprint density at radius 2 is 1.73 bits per heavy atom. The second-order valence-electron chi connectivity index (χ2n) is 8.34. The van der Waals surface area contributed by atoms with E-state index in [1.165, 1.54) is 24.2 Å². The number of thiophene rings is 1. The van der Waals surface area contributed by atoms with Gasteiger partial charge in [0.1, 0.15) is 23.9 Å². The van der Waals surface area contributed by atoms with Crippen LogP contribution in [0.15, 0.2) is 66.7 Å². The number of hydrogen-bond donors (Lipinski definition) is 3. The van der Waals surface area contributed by atoms with Crippen LogP contribution in [0.1, 0.15) is 35.2 Å². The number of phenolic OH excluding ortho intramolecular Hbond substituents is 2. The predicted octanol–water partition coefficient (Wildman–Crippen LogP) is 5.73. The van der Waals surface area contributed by atoms with E-state index in [4.69, 9.17) is 4.74 Å². The molecule has 1 atom stereocenters. The van der Waals surface area contributed by atoms with Crippen LogP contribution in [0.4, 0.5) is 0 Å². The van der Waals surface area contributed by atoms with Crippen molar-refractivity contribution in [2.24, 2.45) is 0 Å². The van der Waals surface area contributed by atoms with E-state index in [0.29, 0.717) is 23.8 Å². The van der Waals surface area contributed by atoms with Crippen molar-refractivity contribution >= 4 is 27.2 Å². The second kappa shape index (κ2) is 9.25. The Morgan fingerprint density at radius 1 is 0.970 bits per heavy atom. The zero-order valence-corrected chi connectivity index (χ0v) is 18.9. The molecule has 1 aliphatic rings. The Bertz CT molecular complexity index is 1270. The largest absolute Gasteiger partial charge is 0.508 e. The van der Waals surface area contributed by atoms with Gasteiger partial charge in [-0.15, -0.1) is 11.3 Å². The lowest BCUT2D eigenvalue weighted by atomic mass is 9.97. The van der Waals surface area contributed by atoms with E-state index in [2.05, 4.69) is 5.32 Å². The molecular weight excluding hydrogens is 434 g/mol. The zero-order valence-electron chi connectivity index (χ0n) is 18.1. The molecule has 2 heterocycles. The fourth-order valence-corrected chi connectivity index (χ4v) is 5.48. The Balaban J connectivity index is 1.45. The predicted molar refractivity (Wildman–Crippen MR) is 132 cm³/mol. The van der Waals surface area contributed by atoms with Crippen molar-refractivity contribution in [2.45, 2.75) is 25.3 Å². The molecule has 0 spiro atoms. The van der Waals surface area contributed by atoms with Gasteiger partial charge in [0, 0.05) is 32.1 Å². The molecule has 1 aliphatic heterocycles. The maximum Gasteiger partial charge on any atom is 0.195 e. The van der Waals surface area contributed by atoms with Crippen LogP contribution in [0.3, 0.4) is 0 Å². The minimum Gasteiger partial charge on any atom is -0.508 e. The van der Waals surface area contributed by atoms with Gasteiger partial charge in [-0.05, 0) is 91.7 Å². The van der Waals surface area contributed by atoms with Crippen LogP contribution in [0, 0.1) is 0 Å². The smallest absolute Gasteiger partial charge is 0.195 e. The molecular formula is C27H25NO4S. The number of piperidine rings is 1. The van der Waals surface area contributed by atoms with Crippen LogP contribution in [0.2, 0.25) is 0 Å². The number of hydrogen-bond acceptors (Lipinski definition) is 6. The topological polar surface area (TPSA) is 78.8 Å². The summed E-state index contributed by atoms with van der Waals surface area (Å²) in [6, 6.07) is 19.5. The van der Waals surface area contributed by atoms with Crippen LogP contribution < -0.4 is 10.1 Å². The average molecular weight is 460 g/mol. The zero-order chi connectivity index (χ0) is 22.8. The third kappa shape index (κ3) is 4.58. The number of benzene rings is 3. The summed E-state index contributed by atoms with van der Waals surface area (Å²) in [6.07, 6.45) is 3.57. The van der Waals surface area contributed by atoms with Crippen LogP contribution in [0.25, 0.3) is 20.5 Å². The number of aromatic hydroxyl groups is 2. The molecule has 6 heteroatoms. The fraction of sp³-hybridized carbons (Fsp3) is 0.222. The Hall–Kier alpha value is -3.35. The quantitative estimate of drug-likeness (QED) is 0.321. The van der Waals surface area contributed by atoms with Crippen molar-refractivity contribution in [3.63, 3.8) is 0 Å². The first kappa shape index (κ1) is 21.5. The highest BCUT2D eigenvalue weighted by Gasteiger charge is 2.22. The van der Waals surface area contributed by atoms with Crippen molar-refractivity contribution in [3.8, 4) is 27.7 Å². The summed E-state index contributed by atoms with van der Waals surface area (Å²) >= 11 is 1.45. The SMILES string of the molecule is O=C(c1ccc(OCC2CCCCN2)cc1)c1c(-c2ccc(O)cc2)sc2cc(O)ccc12. The summed E-state index contributed by atoms with van der Waals surface area (Å²) in [5.41, 5.74) is 2.02. The summed E-state index contributed by atoms with van der Waals surface area (Å²) in [5.74, 6) is 0.992. The maximum atomic E-state index is 13.6. The number of ether oxygens (including phenoxy) is 1. The first-order valence-corrected chi connectivity index (χ1v) is 12.0. The molecule has 0 saturated carbocycles. The summed E-state index contributed by atoms with van der Waals surface area (Å²) in [4.78, 5) is 14.4. The minimum absolute atomic E-state index is 0.0875. The number of ketones is 1. The highest BCUT2D eigenvalue weighted by molar-refractivity contribution is 7.22. The van der Waals surface area contributed by atoms with Crippen molar-refractivity contribution in [1.82, 2.24) is 5.32 Å². The summed E-state index contributed by atoms with van der Waals surface area (Å²) in [5, 5.41) is 23.9. The lowest BCUT2D eigenvalue weighted by Crippen LogP contribution is -2.38. The monoisotopic (exact) mass is 459 g/mol. The third-order valence-corrected chi connectivity index (χ3v) is 7.21. The Morgan fingerprint density at radius 3 is 2.45 bits per heavy atom. The van der Waals surface area contributed by atoms with Gasteiger partial charge < -0.3 is 20.3 Å². The number of carbonyl (C=O) groups is 1. The number of fused-ring (bicyclic) bond motifs is 1. The molecule has 0 aliphatic carbocycles. The second-order valence-corrected chi connectivity index (χ2v) is 9.40. The average Bonchev–Trinajstić information content (AvgIpc) is 3.22. The van der Waals surface area contributed by atoms with Crippen LogP contribution in [0.5, 0.6) is 17.2 Å². The normalized spacial score (nSPS) is 16.1. The fourth-order valence-electron chi connectivity index (χ4n) is 4.24. The molecule has 168 valence electrons. The number of rotatable bonds is 6. The van der Waals surface area contributed by atoms with E-state index < -0.39 is 0 Å². The van der Waals surface area contributed by atoms with Crippen LogP contribution in [-0.2, 0) is 0 Å². The summed E-state index contributed by atoms with van der Waals surface area (Å²) in [7, 11) is 0.